The van der Waals surface area contributed by atoms with Crippen LogP contribution in [0.3, 0.4) is 0 Å². The van der Waals surface area contributed by atoms with Gasteiger partial charge in [0.15, 0.2) is 0 Å². The highest BCUT2D eigenvalue weighted by Crippen LogP contribution is 2.39. The maximum Gasteiger partial charge on any atom is 0.494 e. The van der Waals surface area contributed by atoms with Crippen molar-refractivity contribution in [2.45, 2.75) is 51.7 Å². The van der Waals surface area contributed by atoms with E-state index in [9.17, 15) is 13.2 Å². The smallest absolute Gasteiger partial charge is 0.488 e. The predicted octanol–water partition coefficient (Wildman–Crippen LogP) is 4.58. The van der Waals surface area contributed by atoms with Crippen molar-refractivity contribution in [1.29, 1.82) is 0 Å². The molecular formula is C20H22BF3O3. The minimum atomic E-state index is -4.55. The molecule has 1 aliphatic heterocycles. The normalized spacial score (nSPS) is 18.6. The molecule has 0 atom stereocenters. The molecule has 0 saturated carbocycles. The number of halogens is 3. The van der Waals surface area contributed by atoms with E-state index in [-0.39, 0.29) is 12.4 Å². The number of benzene rings is 2. The van der Waals surface area contributed by atoms with Crippen molar-refractivity contribution in [2.24, 2.45) is 0 Å². The van der Waals surface area contributed by atoms with Crippen LogP contribution in [-0.4, -0.2) is 18.3 Å². The molecular weight excluding hydrogens is 356 g/mol. The van der Waals surface area contributed by atoms with Gasteiger partial charge in [-0.05, 0) is 50.9 Å². The van der Waals surface area contributed by atoms with Crippen LogP contribution in [0.4, 0.5) is 13.2 Å². The van der Waals surface area contributed by atoms with Crippen molar-refractivity contribution < 1.29 is 27.2 Å². The molecule has 0 aliphatic carbocycles. The minimum Gasteiger partial charge on any atom is -0.488 e. The molecule has 3 nitrogen and oxygen atoms in total. The topological polar surface area (TPSA) is 27.7 Å². The van der Waals surface area contributed by atoms with Crippen molar-refractivity contribution in [1.82, 2.24) is 0 Å². The number of hydrogen-bond donors (Lipinski definition) is 0. The molecule has 2 aromatic carbocycles. The molecule has 2 aromatic rings. The van der Waals surface area contributed by atoms with Gasteiger partial charge in [-0.25, -0.2) is 0 Å². The molecule has 0 spiro atoms. The highest BCUT2D eigenvalue weighted by atomic mass is 19.4. The molecule has 7 heteroatoms. The first-order valence-electron chi connectivity index (χ1n) is 8.73. The summed E-state index contributed by atoms with van der Waals surface area (Å²) in [5.74, 6) is -0.216. The van der Waals surface area contributed by atoms with E-state index in [0.717, 1.165) is 11.6 Å². The summed E-state index contributed by atoms with van der Waals surface area (Å²) in [6.07, 6.45) is -4.55. The molecule has 3 rings (SSSR count). The molecule has 0 N–H and O–H groups in total. The van der Waals surface area contributed by atoms with Gasteiger partial charge in [0.25, 0.3) is 0 Å². The predicted molar refractivity (Wildman–Crippen MR) is 97.9 cm³/mol. The lowest BCUT2D eigenvalue weighted by Gasteiger charge is -2.32. The lowest BCUT2D eigenvalue weighted by molar-refractivity contribution is -0.139. The summed E-state index contributed by atoms with van der Waals surface area (Å²) in [5, 5.41) is 0. The van der Waals surface area contributed by atoms with Crippen LogP contribution in [0.15, 0.2) is 48.5 Å². The van der Waals surface area contributed by atoms with E-state index in [4.69, 9.17) is 14.0 Å². The minimum absolute atomic E-state index is 0.0553. The van der Waals surface area contributed by atoms with E-state index in [2.05, 4.69) is 0 Å². The standard InChI is InChI=1S/C20H22BF3O3/c1-18(2)19(3,4)27-21(26-18)15-10-11-17(16(12-15)20(22,23)24)25-13-14-8-6-5-7-9-14/h5-12H,13H2,1-4H3. The molecule has 1 aliphatic rings. The first kappa shape index (κ1) is 19.8. The summed E-state index contributed by atoms with van der Waals surface area (Å²) >= 11 is 0. The van der Waals surface area contributed by atoms with Gasteiger partial charge >= 0.3 is 13.3 Å². The van der Waals surface area contributed by atoms with Gasteiger partial charge in [-0.1, -0.05) is 36.4 Å². The average Bonchev–Trinajstić information content (AvgIpc) is 2.81. The summed E-state index contributed by atoms with van der Waals surface area (Å²) in [4.78, 5) is 0. The van der Waals surface area contributed by atoms with Crippen molar-refractivity contribution >= 4 is 12.6 Å². The Balaban J connectivity index is 1.87. The number of rotatable bonds is 4. The fourth-order valence-electron chi connectivity index (χ4n) is 2.76. The van der Waals surface area contributed by atoms with Crippen LogP contribution in [0.5, 0.6) is 5.75 Å². The van der Waals surface area contributed by atoms with Crippen LogP contribution >= 0.6 is 0 Å². The fourth-order valence-corrected chi connectivity index (χ4v) is 2.76. The number of alkyl halides is 3. The summed E-state index contributed by atoms with van der Waals surface area (Å²) in [7, 11) is -0.862. The molecule has 1 fully saturated rings. The summed E-state index contributed by atoms with van der Waals surface area (Å²) < 4.78 is 57.9. The van der Waals surface area contributed by atoms with Gasteiger partial charge < -0.3 is 14.0 Å². The number of ether oxygens (including phenoxy) is 1. The zero-order valence-electron chi connectivity index (χ0n) is 15.8. The molecule has 0 aromatic heterocycles. The third kappa shape index (κ3) is 4.14. The van der Waals surface area contributed by atoms with Crippen molar-refractivity contribution in [3.63, 3.8) is 0 Å². The molecule has 0 bridgehead atoms. The molecule has 1 saturated heterocycles. The van der Waals surface area contributed by atoms with E-state index >= 15 is 0 Å². The Kier molecular flexibility index (Phi) is 5.03. The first-order chi connectivity index (χ1) is 12.5. The fraction of sp³-hybridized carbons (Fsp3) is 0.400. The van der Waals surface area contributed by atoms with Crippen molar-refractivity contribution in [3.05, 3.63) is 59.7 Å². The van der Waals surface area contributed by atoms with E-state index in [1.54, 1.807) is 18.2 Å². The Morgan fingerprint density at radius 1 is 0.926 bits per heavy atom. The molecule has 1 heterocycles. The van der Waals surface area contributed by atoms with Crippen LogP contribution in [0.1, 0.15) is 38.8 Å². The van der Waals surface area contributed by atoms with Crippen molar-refractivity contribution in [3.8, 4) is 5.75 Å². The van der Waals surface area contributed by atoms with Gasteiger partial charge in [0, 0.05) is 0 Å². The summed E-state index contributed by atoms with van der Waals surface area (Å²) in [6.45, 7) is 7.48. The SMILES string of the molecule is CC1(C)OB(c2ccc(OCc3ccccc3)c(C(F)(F)F)c2)OC1(C)C. The zero-order valence-corrected chi connectivity index (χ0v) is 15.8. The highest BCUT2D eigenvalue weighted by Gasteiger charge is 2.52. The van der Waals surface area contributed by atoms with Crippen LogP contribution in [0, 0.1) is 0 Å². The Hall–Kier alpha value is -1.99. The van der Waals surface area contributed by atoms with E-state index in [0.29, 0.717) is 5.46 Å². The second-order valence-electron chi connectivity index (χ2n) is 7.62. The van der Waals surface area contributed by atoms with Gasteiger partial charge in [0.05, 0.1) is 16.8 Å². The van der Waals surface area contributed by atoms with Gasteiger partial charge in [-0.3, -0.25) is 0 Å². The molecule has 27 heavy (non-hydrogen) atoms. The zero-order chi connectivity index (χ0) is 19.9. The Morgan fingerprint density at radius 3 is 2.07 bits per heavy atom. The van der Waals surface area contributed by atoms with Gasteiger partial charge in [-0.15, -0.1) is 0 Å². The lowest BCUT2D eigenvalue weighted by Crippen LogP contribution is -2.41. The maximum absolute atomic E-state index is 13.6. The number of hydrogen-bond acceptors (Lipinski definition) is 3. The third-order valence-corrected chi connectivity index (χ3v) is 5.07. The monoisotopic (exact) mass is 378 g/mol. The van der Waals surface area contributed by atoms with Gasteiger partial charge in [0.1, 0.15) is 12.4 Å². The second kappa shape index (κ2) is 6.87. The van der Waals surface area contributed by atoms with E-state index < -0.39 is 30.1 Å². The Morgan fingerprint density at radius 2 is 1.52 bits per heavy atom. The van der Waals surface area contributed by atoms with Crippen LogP contribution < -0.4 is 10.2 Å². The van der Waals surface area contributed by atoms with Crippen LogP contribution in [-0.2, 0) is 22.1 Å². The summed E-state index contributed by atoms with van der Waals surface area (Å²) in [5.41, 5.74) is -0.990. The lowest BCUT2D eigenvalue weighted by atomic mass is 9.78. The molecule has 0 radical (unpaired) electrons. The van der Waals surface area contributed by atoms with E-state index in [1.165, 1.54) is 6.07 Å². The van der Waals surface area contributed by atoms with E-state index in [1.807, 2.05) is 45.9 Å². The Labute approximate surface area is 157 Å². The molecule has 0 amide bonds. The third-order valence-electron chi connectivity index (χ3n) is 5.07. The Bertz CT molecular complexity index is 788. The molecule has 144 valence electrons. The maximum atomic E-state index is 13.6. The largest absolute Gasteiger partial charge is 0.494 e. The molecule has 0 unspecified atom stereocenters. The second-order valence-corrected chi connectivity index (χ2v) is 7.62. The van der Waals surface area contributed by atoms with Crippen LogP contribution in [0.2, 0.25) is 0 Å². The van der Waals surface area contributed by atoms with Crippen LogP contribution in [0.25, 0.3) is 0 Å². The average molecular weight is 378 g/mol. The van der Waals surface area contributed by atoms with Gasteiger partial charge in [-0.2, -0.15) is 13.2 Å². The first-order valence-corrected chi connectivity index (χ1v) is 8.73. The quantitative estimate of drug-likeness (QED) is 0.729. The van der Waals surface area contributed by atoms with Gasteiger partial charge in [0.2, 0.25) is 0 Å². The summed E-state index contributed by atoms with van der Waals surface area (Å²) in [6, 6.07) is 13.0. The highest BCUT2D eigenvalue weighted by molar-refractivity contribution is 6.62. The van der Waals surface area contributed by atoms with Crippen molar-refractivity contribution in [2.75, 3.05) is 0 Å².